The molecule has 2 N–H and O–H groups in total. The summed E-state index contributed by atoms with van der Waals surface area (Å²) in [6.07, 6.45) is 0. The van der Waals surface area contributed by atoms with Gasteiger partial charge in [0.05, 0.1) is 17.5 Å². The molecule has 1 aliphatic rings. The van der Waals surface area contributed by atoms with Crippen LogP contribution in [0.2, 0.25) is 0 Å². The zero-order valence-corrected chi connectivity index (χ0v) is 15.8. The van der Waals surface area contributed by atoms with Gasteiger partial charge in [0, 0.05) is 31.4 Å². The number of hydrogen-bond acceptors (Lipinski definition) is 5. The van der Waals surface area contributed by atoms with Crippen molar-refractivity contribution in [2.75, 3.05) is 26.1 Å². The molecule has 0 spiro atoms. The Morgan fingerprint density at radius 2 is 2.00 bits per heavy atom. The molecule has 1 aliphatic heterocycles. The summed E-state index contributed by atoms with van der Waals surface area (Å²) in [7, 11) is 5.54. The van der Waals surface area contributed by atoms with E-state index in [-0.39, 0.29) is 11.8 Å². The molecule has 1 heterocycles. The van der Waals surface area contributed by atoms with Crippen LogP contribution in [0.3, 0.4) is 0 Å². The first-order valence-corrected chi connectivity index (χ1v) is 8.48. The minimum Gasteiger partial charge on any atom is -0.496 e. The second-order valence-corrected chi connectivity index (χ2v) is 6.79. The molecule has 1 atom stereocenters. The van der Waals surface area contributed by atoms with Gasteiger partial charge in [0.25, 0.3) is 0 Å². The lowest BCUT2D eigenvalue weighted by atomic mass is 9.83. The molecule has 0 fully saturated rings. The normalized spacial score (nSPS) is 15.9. The average molecular weight is 400 g/mol. The Morgan fingerprint density at radius 3 is 2.60 bits per heavy atom. The summed E-state index contributed by atoms with van der Waals surface area (Å²) in [5.74, 6) is 1.25. The van der Waals surface area contributed by atoms with E-state index >= 15 is 0 Å². The molecule has 2 aromatic carbocycles. The third-order valence-corrected chi connectivity index (χ3v) is 4.85. The number of benzene rings is 2. The monoisotopic (exact) mass is 399 g/mol. The SMILES string of the molecule is COc1ccc(C2C(C#N)=C(N)Oc3cc(N(C)C)ccc32)cc1Br. The minimum atomic E-state index is -0.285. The number of rotatable bonds is 3. The van der Waals surface area contributed by atoms with Crippen molar-refractivity contribution in [2.24, 2.45) is 5.73 Å². The summed E-state index contributed by atoms with van der Waals surface area (Å²) in [5, 5.41) is 9.62. The average Bonchev–Trinajstić information content (AvgIpc) is 2.59. The van der Waals surface area contributed by atoms with Gasteiger partial charge in [-0.05, 0) is 39.7 Å². The summed E-state index contributed by atoms with van der Waals surface area (Å²) >= 11 is 3.51. The summed E-state index contributed by atoms with van der Waals surface area (Å²) in [6, 6.07) is 13.9. The van der Waals surface area contributed by atoms with E-state index in [4.69, 9.17) is 15.2 Å². The van der Waals surface area contributed by atoms with E-state index in [9.17, 15) is 5.26 Å². The Hall–Kier alpha value is -2.65. The molecule has 0 bridgehead atoms. The highest BCUT2D eigenvalue weighted by molar-refractivity contribution is 9.10. The number of hydrogen-bond donors (Lipinski definition) is 1. The van der Waals surface area contributed by atoms with Crippen LogP contribution in [0.25, 0.3) is 0 Å². The Balaban J connectivity index is 2.17. The van der Waals surface area contributed by atoms with Crippen molar-refractivity contribution in [1.29, 1.82) is 5.26 Å². The van der Waals surface area contributed by atoms with E-state index in [0.29, 0.717) is 11.3 Å². The van der Waals surface area contributed by atoms with Gasteiger partial charge in [-0.1, -0.05) is 12.1 Å². The van der Waals surface area contributed by atoms with Crippen molar-refractivity contribution < 1.29 is 9.47 Å². The predicted octanol–water partition coefficient (Wildman–Crippen LogP) is 3.74. The van der Waals surface area contributed by atoms with E-state index < -0.39 is 0 Å². The largest absolute Gasteiger partial charge is 0.496 e. The van der Waals surface area contributed by atoms with Gasteiger partial charge in [0.2, 0.25) is 5.88 Å². The van der Waals surface area contributed by atoms with Crippen LogP contribution < -0.4 is 20.1 Å². The molecule has 6 heteroatoms. The second-order valence-electron chi connectivity index (χ2n) is 5.94. The second kappa shape index (κ2) is 6.69. The van der Waals surface area contributed by atoms with Crippen molar-refractivity contribution in [3.05, 3.63) is 63.5 Å². The van der Waals surface area contributed by atoms with Crippen LogP contribution in [0, 0.1) is 11.3 Å². The molecule has 0 saturated carbocycles. The number of nitrogens with zero attached hydrogens (tertiary/aromatic N) is 2. The van der Waals surface area contributed by atoms with Crippen LogP contribution in [0.1, 0.15) is 17.0 Å². The van der Waals surface area contributed by atoms with Crippen LogP contribution in [-0.2, 0) is 0 Å². The topological polar surface area (TPSA) is 71.5 Å². The van der Waals surface area contributed by atoms with Crippen molar-refractivity contribution in [3.63, 3.8) is 0 Å². The Labute approximate surface area is 155 Å². The molecule has 25 heavy (non-hydrogen) atoms. The third-order valence-electron chi connectivity index (χ3n) is 4.23. The first-order valence-electron chi connectivity index (χ1n) is 7.68. The molecule has 2 aromatic rings. The van der Waals surface area contributed by atoms with Crippen LogP contribution in [-0.4, -0.2) is 21.2 Å². The van der Waals surface area contributed by atoms with Gasteiger partial charge in [0.1, 0.15) is 23.1 Å². The number of allylic oxidation sites excluding steroid dienone is 1. The fourth-order valence-corrected chi connectivity index (χ4v) is 3.49. The Bertz CT molecular complexity index is 900. The van der Waals surface area contributed by atoms with Crippen molar-refractivity contribution in [3.8, 4) is 17.6 Å². The summed E-state index contributed by atoms with van der Waals surface area (Å²) < 4.78 is 11.8. The summed E-state index contributed by atoms with van der Waals surface area (Å²) in [6.45, 7) is 0. The lowest BCUT2D eigenvalue weighted by molar-refractivity contribution is 0.393. The molecule has 0 amide bonds. The van der Waals surface area contributed by atoms with Gasteiger partial charge in [-0.3, -0.25) is 0 Å². The number of nitriles is 1. The fourth-order valence-electron chi connectivity index (χ4n) is 2.93. The molecule has 3 rings (SSSR count). The first-order chi connectivity index (χ1) is 12.0. The maximum absolute atomic E-state index is 9.62. The molecule has 1 unspecified atom stereocenters. The van der Waals surface area contributed by atoms with Crippen molar-refractivity contribution in [2.45, 2.75) is 5.92 Å². The van der Waals surface area contributed by atoms with Gasteiger partial charge in [-0.15, -0.1) is 0 Å². The highest BCUT2D eigenvalue weighted by Gasteiger charge is 2.31. The molecular weight excluding hydrogens is 382 g/mol. The lowest BCUT2D eigenvalue weighted by Crippen LogP contribution is -2.21. The van der Waals surface area contributed by atoms with Gasteiger partial charge >= 0.3 is 0 Å². The Morgan fingerprint density at radius 1 is 1.24 bits per heavy atom. The maximum atomic E-state index is 9.62. The van der Waals surface area contributed by atoms with E-state index in [1.807, 2.05) is 55.4 Å². The Kier molecular flexibility index (Phi) is 4.60. The van der Waals surface area contributed by atoms with Crippen LogP contribution >= 0.6 is 15.9 Å². The third kappa shape index (κ3) is 3.03. The standard InChI is InChI=1S/C19H18BrN3O2/c1-23(2)12-5-6-13-17(9-12)25-19(22)14(10-21)18(13)11-4-7-16(24-3)15(20)8-11/h4-9,18H,22H2,1-3H3. The maximum Gasteiger partial charge on any atom is 0.205 e. The van der Waals surface area contributed by atoms with Gasteiger partial charge in [-0.25, -0.2) is 0 Å². The molecule has 5 nitrogen and oxygen atoms in total. The number of nitrogens with two attached hydrogens (primary N) is 1. The smallest absolute Gasteiger partial charge is 0.205 e. The summed E-state index contributed by atoms with van der Waals surface area (Å²) in [4.78, 5) is 1.99. The highest BCUT2D eigenvalue weighted by atomic mass is 79.9. The van der Waals surface area contributed by atoms with E-state index in [1.54, 1.807) is 7.11 Å². The molecule has 0 radical (unpaired) electrons. The number of halogens is 1. The molecule has 0 saturated heterocycles. The number of methoxy groups -OCH3 is 1. The first kappa shape index (κ1) is 17.2. The van der Waals surface area contributed by atoms with Crippen LogP contribution in [0.4, 0.5) is 5.69 Å². The van der Waals surface area contributed by atoms with E-state index in [1.165, 1.54) is 0 Å². The van der Waals surface area contributed by atoms with Crippen molar-refractivity contribution in [1.82, 2.24) is 0 Å². The van der Waals surface area contributed by atoms with Gasteiger partial charge in [-0.2, -0.15) is 5.26 Å². The van der Waals surface area contributed by atoms with Crippen LogP contribution in [0.15, 0.2) is 52.3 Å². The fraction of sp³-hybridized carbons (Fsp3) is 0.211. The van der Waals surface area contributed by atoms with E-state index in [2.05, 4.69) is 22.0 Å². The zero-order valence-electron chi connectivity index (χ0n) is 14.2. The van der Waals surface area contributed by atoms with E-state index in [0.717, 1.165) is 27.0 Å². The molecule has 0 aliphatic carbocycles. The van der Waals surface area contributed by atoms with Crippen LogP contribution in [0.5, 0.6) is 11.5 Å². The zero-order chi connectivity index (χ0) is 18.1. The number of anilines is 1. The lowest BCUT2D eigenvalue weighted by Gasteiger charge is -2.28. The predicted molar refractivity (Wildman–Crippen MR) is 101 cm³/mol. The molecular formula is C19H18BrN3O2. The highest BCUT2D eigenvalue weighted by Crippen LogP contribution is 2.44. The molecule has 0 aromatic heterocycles. The van der Waals surface area contributed by atoms with Crippen molar-refractivity contribution >= 4 is 21.6 Å². The van der Waals surface area contributed by atoms with Gasteiger partial charge in [0.15, 0.2) is 0 Å². The summed E-state index contributed by atoms with van der Waals surface area (Å²) in [5.41, 5.74) is 9.29. The number of ether oxygens (including phenoxy) is 2. The quantitative estimate of drug-likeness (QED) is 0.850. The minimum absolute atomic E-state index is 0.142. The molecule has 128 valence electrons. The van der Waals surface area contributed by atoms with Gasteiger partial charge < -0.3 is 20.1 Å². The number of fused-ring (bicyclic) bond motifs is 1.